The molecule has 1 atom stereocenters. The molecule has 0 aromatic heterocycles. The topological polar surface area (TPSA) is 75.8 Å². The van der Waals surface area contributed by atoms with Crippen LogP contribution in [0.5, 0.6) is 0 Å². The van der Waals surface area contributed by atoms with Crippen molar-refractivity contribution in [3.8, 4) is 0 Å². The molecule has 0 bridgehead atoms. The van der Waals surface area contributed by atoms with E-state index in [9.17, 15) is 4.79 Å². The fraction of sp³-hybridized carbons (Fsp3) is 0.533. The van der Waals surface area contributed by atoms with Crippen molar-refractivity contribution < 1.29 is 14.6 Å². The van der Waals surface area contributed by atoms with Crippen LogP contribution in [0.3, 0.4) is 0 Å². The Kier molecular flexibility index (Phi) is 8.12. The van der Waals surface area contributed by atoms with E-state index in [0.717, 1.165) is 24.3 Å². The summed E-state index contributed by atoms with van der Waals surface area (Å²) in [7, 11) is 0. The van der Waals surface area contributed by atoms with Crippen molar-refractivity contribution >= 4 is 23.3 Å². The molecule has 21 heavy (non-hydrogen) atoms. The van der Waals surface area contributed by atoms with Crippen LogP contribution in [0.1, 0.15) is 12.5 Å². The van der Waals surface area contributed by atoms with Crippen molar-refractivity contribution in [2.75, 3.05) is 37.1 Å². The zero-order valence-corrected chi connectivity index (χ0v) is 13.1. The van der Waals surface area contributed by atoms with Gasteiger partial charge in [-0.05, 0) is 31.0 Å². The third-order valence-corrected chi connectivity index (χ3v) is 3.31. The lowest BCUT2D eigenvalue weighted by Crippen LogP contribution is -2.32. The summed E-state index contributed by atoms with van der Waals surface area (Å²) >= 11 is 5.83. The number of carboxylic acids is 1. The van der Waals surface area contributed by atoms with Crippen LogP contribution in [0.4, 0.5) is 5.69 Å². The molecule has 0 spiro atoms. The van der Waals surface area contributed by atoms with E-state index in [1.54, 1.807) is 0 Å². The van der Waals surface area contributed by atoms with Gasteiger partial charge in [0.25, 0.3) is 0 Å². The Morgan fingerprint density at radius 3 is 2.57 bits per heavy atom. The highest BCUT2D eigenvalue weighted by Crippen LogP contribution is 2.16. The number of halogens is 1. The number of carbonyl (C=O) groups is 1. The summed E-state index contributed by atoms with van der Waals surface area (Å²) in [5, 5.41) is 8.81. The number of aliphatic carboxylic acids is 1. The second-order valence-corrected chi connectivity index (χ2v) is 5.07. The second kappa shape index (κ2) is 9.60. The van der Waals surface area contributed by atoms with Crippen molar-refractivity contribution in [2.24, 2.45) is 5.73 Å². The number of nitrogens with two attached hydrogens (primary N) is 1. The molecule has 0 unspecified atom stereocenters. The van der Waals surface area contributed by atoms with Gasteiger partial charge in [0.2, 0.25) is 0 Å². The fourth-order valence-corrected chi connectivity index (χ4v) is 2.18. The quantitative estimate of drug-likeness (QED) is 0.508. The lowest BCUT2D eigenvalue weighted by Gasteiger charge is -2.24. The average Bonchev–Trinajstić information content (AvgIpc) is 2.47. The fourth-order valence-electron chi connectivity index (χ4n) is 1.98. The van der Waals surface area contributed by atoms with E-state index in [2.05, 4.69) is 4.90 Å². The highest BCUT2D eigenvalue weighted by molar-refractivity contribution is 6.18. The van der Waals surface area contributed by atoms with Gasteiger partial charge in [0, 0.05) is 31.3 Å². The Labute approximate surface area is 130 Å². The molecule has 0 heterocycles. The monoisotopic (exact) mass is 314 g/mol. The van der Waals surface area contributed by atoms with E-state index < -0.39 is 12.0 Å². The van der Waals surface area contributed by atoms with Gasteiger partial charge in [0.15, 0.2) is 0 Å². The number of nitrogens with zero attached hydrogens (tertiary/aromatic N) is 1. The summed E-state index contributed by atoms with van der Waals surface area (Å²) in [5.74, 6) is -0.447. The van der Waals surface area contributed by atoms with Crippen LogP contribution < -0.4 is 10.6 Å². The number of carboxylic acid groups (broad SMARTS) is 1. The van der Waals surface area contributed by atoms with Crippen molar-refractivity contribution in [3.63, 3.8) is 0 Å². The molecule has 0 saturated carbocycles. The summed E-state index contributed by atoms with van der Waals surface area (Å²) < 4.78 is 5.37. The number of benzene rings is 1. The maximum absolute atomic E-state index is 10.7. The molecular weight excluding hydrogens is 292 g/mol. The van der Waals surface area contributed by atoms with Gasteiger partial charge in [-0.15, -0.1) is 11.6 Å². The number of hydrogen-bond acceptors (Lipinski definition) is 4. The third kappa shape index (κ3) is 6.33. The molecule has 0 radical (unpaired) electrons. The third-order valence-electron chi connectivity index (χ3n) is 3.14. The largest absolute Gasteiger partial charge is 0.480 e. The molecule has 0 amide bonds. The minimum Gasteiger partial charge on any atom is -0.480 e. The summed E-state index contributed by atoms with van der Waals surface area (Å²) in [4.78, 5) is 12.9. The number of anilines is 1. The van der Waals surface area contributed by atoms with E-state index in [-0.39, 0.29) is 0 Å². The molecule has 0 fully saturated rings. The lowest BCUT2D eigenvalue weighted by atomic mass is 10.1. The molecule has 1 rings (SSSR count). The first kappa shape index (κ1) is 17.8. The summed E-state index contributed by atoms with van der Waals surface area (Å²) in [6.45, 7) is 4.82. The maximum atomic E-state index is 10.7. The zero-order valence-electron chi connectivity index (χ0n) is 12.3. The Hall–Kier alpha value is -1.30. The number of ether oxygens (including phenoxy) is 1. The average molecular weight is 315 g/mol. The summed E-state index contributed by atoms with van der Waals surface area (Å²) in [6, 6.07) is 6.86. The standard InChI is InChI=1S/C15H23ClN2O3/c1-2-21-10-9-18(8-7-16)13-5-3-12(4-6-13)11-14(17)15(19)20/h3-6,14H,2,7-11,17H2,1H3,(H,19,20)/t14-/m0/s1. The molecule has 1 aromatic carbocycles. The predicted octanol–water partition coefficient (Wildman–Crippen LogP) is 1.72. The first-order valence-electron chi connectivity index (χ1n) is 7.04. The van der Waals surface area contributed by atoms with Gasteiger partial charge >= 0.3 is 5.97 Å². The van der Waals surface area contributed by atoms with Crippen molar-refractivity contribution in [3.05, 3.63) is 29.8 Å². The van der Waals surface area contributed by atoms with Gasteiger partial charge in [0.05, 0.1) is 6.61 Å². The van der Waals surface area contributed by atoms with E-state index >= 15 is 0 Å². The number of alkyl halides is 1. The first-order chi connectivity index (χ1) is 10.1. The minimum atomic E-state index is -0.987. The highest BCUT2D eigenvalue weighted by Gasteiger charge is 2.12. The first-order valence-corrected chi connectivity index (χ1v) is 7.58. The van der Waals surface area contributed by atoms with Crippen molar-refractivity contribution in [2.45, 2.75) is 19.4 Å². The Balaban J connectivity index is 2.66. The smallest absolute Gasteiger partial charge is 0.320 e. The van der Waals surface area contributed by atoms with Gasteiger partial charge in [-0.2, -0.15) is 0 Å². The highest BCUT2D eigenvalue weighted by atomic mass is 35.5. The van der Waals surface area contributed by atoms with Crippen molar-refractivity contribution in [1.82, 2.24) is 0 Å². The Morgan fingerprint density at radius 2 is 2.05 bits per heavy atom. The molecule has 5 nitrogen and oxygen atoms in total. The number of hydrogen-bond donors (Lipinski definition) is 2. The van der Waals surface area contributed by atoms with Crippen molar-refractivity contribution in [1.29, 1.82) is 0 Å². The molecular formula is C15H23ClN2O3. The van der Waals surface area contributed by atoms with Gasteiger partial charge in [-0.3, -0.25) is 4.79 Å². The summed E-state index contributed by atoms with van der Waals surface area (Å²) in [6.07, 6.45) is 0.323. The van der Waals surface area contributed by atoms with Crippen LogP contribution in [-0.2, 0) is 16.0 Å². The van der Waals surface area contributed by atoms with Crippen LogP contribution in [0.2, 0.25) is 0 Å². The van der Waals surface area contributed by atoms with E-state index in [1.165, 1.54) is 0 Å². The second-order valence-electron chi connectivity index (χ2n) is 4.69. The predicted molar refractivity (Wildman–Crippen MR) is 85.2 cm³/mol. The molecule has 1 aromatic rings. The van der Waals surface area contributed by atoms with E-state index in [1.807, 2.05) is 31.2 Å². The number of rotatable bonds is 10. The molecule has 6 heteroatoms. The lowest BCUT2D eigenvalue weighted by molar-refractivity contribution is -0.138. The van der Waals surface area contributed by atoms with Gasteiger partial charge < -0.3 is 20.5 Å². The minimum absolute atomic E-state index is 0.323. The van der Waals surface area contributed by atoms with Gasteiger partial charge in [-0.25, -0.2) is 0 Å². The molecule has 3 N–H and O–H groups in total. The van der Waals surface area contributed by atoms with E-state index in [4.69, 9.17) is 27.2 Å². The van der Waals surface area contributed by atoms with Crippen LogP contribution in [-0.4, -0.2) is 49.3 Å². The van der Waals surface area contributed by atoms with Crippen LogP contribution >= 0.6 is 11.6 Å². The van der Waals surface area contributed by atoms with Gasteiger partial charge in [-0.1, -0.05) is 12.1 Å². The Morgan fingerprint density at radius 1 is 1.38 bits per heavy atom. The Bertz CT molecular complexity index is 425. The van der Waals surface area contributed by atoms with E-state index in [0.29, 0.717) is 25.5 Å². The van der Waals surface area contributed by atoms with Crippen LogP contribution in [0, 0.1) is 0 Å². The normalized spacial score (nSPS) is 12.1. The van der Waals surface area contributed by atoms with Crippen LogP contribution in [0.25, 0.3) is 0 Å². The maximum Gasteiger partial charge on any atom is 0.320 e. The molecule has 0 aliphatic heterocycles. The molecule has 0 saturated heterocycles. The van der Waals surface area contributed by atoms with Gasteiger partial charge in [0.1, 0.15) is 6.04 Å². The van der Waals surface area contributed by atoms with Crippen LogP contribution in [0.15, 0.2) is 24.3 Å². The molecule has 0 aliphatic carbocycles. The molecule has 0 aliphatic rings. The SMILES string of the molecule is CCOCCN(CCCl)c1ccc(C[C@H](N)C(=O)O)cc1. The summed E-state index contributed by atoms with van der Waals surface area (Å²) in [5.41, 5.74) is 7.48. The molecule has 118 valence electrons. The zero-order chi connectivity index (χ0) is 15.7.